The van der Waals surface area contributed by atoms with E-state index in [4.69, 9.17) is 4.74 Å². The number of hydrogen-bond acceptors (Lipinski definition) is 5. The van der Waals surface area contributed by atoms with Gasteiger partial charge in [-0.2, -0.15) is 0 Å². The maximum Gasteiger partial charge on any atom is 0.329 e. The topological polar surface area (TPSA) is 83.9 Å². The van der Waals surface area contributed by atoms with Crippen LogP contribution in [0.4, 0.5) is 0 Å². The van der Waals surface area contributed by atoms with Gasteiger partial charge in [-0.3, -0.25) is 4.79 Å². The van der Waals surface area contributed by atoms with Gasteiger partial charge in [-0.25, -0.2) is 4.79 Å². The molecule has 1 N–H and O–H groups in total. The summed E-state index contributed by atoms with van der Waals surface area (Å²) in [7, 11) is 0. The Hall–Kier alpha value is -2.21. The first-order valence-corrected chi connectivity index (χ1v) is 8.07. The van der Waals surface area contributed by atoms with Crippen molar-refractivity contribution >= 4 is 17.7 Å². The normalized spacial score (nSPS) is 21.4. The number of carbonyl (C=O) groups excluding carboxylic acids is 3. The van der Waals surface area contributed by atoms with Crippen LogP contribution >= 0.6 is 0 Å². The third-order valence-electron chi connectivity index (χ3n) is 4.07. The van der Waals surface area contributed by atoms with Gasteiger partial charge >= 0.3 is 5.97 Å². The Bertz CT molecular complexity index is 601. The molecule has 0 spiro atoms. The highest BCUT2D eigenvalue weighted by Crippen LogP contribution is 2.23. The van der Waals surface area contributed by atoms with E-state index in [2.05, 4.69) is 0 Å². The van der Waals surface area contributed by atoms with Crippen molar-refractivity contribution in [3.63, 3.8) is 0 Å². The standard InChI is InChI=1S/C18H23NO5/c1-12(8-13(2)20)17(22)19-10-15(21)9-16(19)18(23)24-11-14-6-4-3-5-7-14/h3-7,12,15-16,21H,8-11H2,1-2H3/t12-,15-,16+/m1/s1. The minimum Gasteiger partial charge on any atom is -0.459 e. The highest BCUT2D eigenvalue weighted by Gasteiger charge is 2.41. The van der Waals surface area contributed by atoms with Crippen LogP contribution in [0.2, 0.25) is 0 Å². The number of nitrogens with zero attached hydrogens (tertiary/aromatic N) is 1. The summed E-state index contributed by atoms with van der Waals surface area (Å²) in [6.07, 6.45) is -0.476. The number of carbonyl (C=O) groups is 3. The van der Waals surface area contributed by atoms with E-state index in [-0.39, 0.29) is 37.7 Å². The highest BCUT2D eigenvalue weighted by molar-refractivity contribution is 5.89. The number of hydrogen-bond donors (Lipinski definition) is 1. The Balaban J connectivity index is 1.99. The third kappa shape index (κ3) is 4.64. The van der Waals surface area contributed by atoms with Gasteiger partial charge in [0.25, 0.3) is 0 Å². The number of esters is 1. The van der Waals surface area contributed by atoms with Gasteiger partial charge in [0, 0.05) is 25.3 Å². The van der Waals surface area contributed by atoms with Gasteiger partial charge in [-0.05, 0) is 12.5 Å². The monoisotopic (exact) mass is 333 g/mol. The fourth-order valence-electron chi connectivity index (χ4n) is 2.91. The lowest BCUT2D eigenvalue weighted by molar-refractivity contribution is -0.155. The Morgan fingerprint density at radius 1 is 1.29 bits per heavy atom. The minimum atomic E-state index is -0.800. The summed E-state index contributed by atoms with van der Waals surface area (Å²) in [5, 5.41) is 9.85. The molecular formula is C18H23NO5. The molecule has 6 nitrogen and oxygen atoms in total. The average Bonchev–Trinajstić information content (AvgIpc) is 2.94. The molecule has 1 aromatic carbocycles. The molecule has 0 radical (unpaired) electrons. The van der Waals surface area contributed by atoms with Crippen LogP contribution in [0.3, 0.4) is 0 Å². The number of amides is 1. The molecule has 1 aromatic rings. The largest absolute Gasteiger partial charge is 0.459 e. The van der Waals surface area contributed by atoms with Gasteiger partial charge in [0.15, 0.2) is 0 Å². The maximum atomic E-state index is 12.5. The zero-order valence-electron chi connectivity index (χ0n) is 14.0. The zero-order chi connectivity index (χ0) is 17.7. The smallest absolute Gasteiger partial charge is 0.329 e. The first-order chi connectivity index (χ1) is 11.4. The van der Waals surface area contributed by atoms with E-state index in [0.29, 0.717) is 0 Å². The van der Waals surface area contributed by atoms with E-state index < -0.39 is 24.0 Å². The molecule has 6 heteroatoms. The Kier molecular flexibility index (Phi) is 6.09. The summed E-state index contributed by atoms with van der Waals surface area (Å²) in [4.78, 5) is 37.3. The van der Waals surface area contributed by atoms with Crippen molar-refractivity contribution in [3.05, 3.63) is 35.9 Å². The first kappa shape index (κ1) is 18.1. The number of aliphatic hydroxyl groups excluding tert-OH is 1. The number of β-amino-alcohol motifs (C(OH)–C–C–N with tert-alkyl or cyclic N) is 1. The molecule has 3 atom stereocenters. The minimum absolute atomic E-state index is 0.0844. The van der Waals surface area contributed by atoms with Crippen molar-refractivity contribution in [2.45, 2.75) is 45.4 Å². The molecule has 1 heterocycles. The van der Waals surface area contributed by atoms with E-state index in [1.54, 1.807) is 6.92 Å². The van der Waals surface area contributed by atoms with Gasteiger partial charge in [0.2, 0.25) is 5.91 Å². The van der Waals surface area contributed by atoms with E-state index >= 15 is 0 Å². The average molecular weight is 333 g/mol. The Morgan fingerprint density at radius 3 is 2.58 bits per heavy atom. The van der Waals surface area contributed by atoms with E-state index in [9.17, 15) is 19.5 Å². The van der Waals surface area contributed by atoms with Gasteiger partial charge in [0.05, 0.1) is 6.10 Å². The maximum absolute atomic E-state index is 12.5. The highest BCUT2D eigenvalue weighted by atomic mass is 16.5. The first-order valence-electron chi connectivity index (χ1n) is 8.07. The summed E-state index contributed by atoms with van der Waals surface area (Å²) in [5.74, 6) is -1.43. The number of ether oxygens (including phenoxy) is 1. The second-order valence-electron chi connectivity index (χ2n) is 6.30. The van der Waals surface area contributed by atoms with Crippen LogP contribution in [0, 0.1) is 5.92 Å². The molecule has 24 heavy (non-hydrogen) atoms. The van der Waals surface area contributed by atoms with Crippen molar-refractivity contribution in [2.24, 2.45) is 5.92 Å². The summed E-state index contributed by atoms with van der Waals surface area (Å²) in [6.45, 7) is 3.29. The van der Waals surface area contributed by atoms with E-state index in [1.165, 1.54) is 11.8 Å². The van der Waals surface area contributed by atoms with Crippen molar-refractivity contribution in [1.29, 1.82) is 0 Å². The molecule has 2 rings (SSSR count). The molecule has 1 aliphatic heterocycles. The van der Waals surface area contributed by atoms with Crippen molar-refractivity contribution in [1.82, 2.24) is 4.90 Å². The van der Waals surface area contributed by atoms with Crippen LogP contribution in [0.1, 0.15) is 32.3 Å². The Labute approximate surface area is 141 Å². The summed E-state index contributed by atoms with van der Waals surface area (Å²) in [6, 6.07) is 8.45. The number of aliphatic hydroxyl groups is 1. The fraction of sp³-hybridized carbons (Fsp3) is 0.500. The van der Waals surface area contributed by atoms with Crippen LogP contribution < -0.4 is 0 Å². The lowest BCUT2D eigenvalue weighted by Crippen LogP contribution is -2.44. The predicted octanol–water partition coefficient (Wildman–Crippen LogP) is 1.31. The van der Waals surface area contributed by atoms with Gasteiger partial charge in [-0.15, -0.1) is 0 Å². The number of benzene rings is 1. The molecule has 1 saturated heterocycles. The van der Waals surface area contributed by atoms with Gasteiger partial charge in [0.1, 0.15) is 18.4 Å². The molecule has 0 unspecified atom stereocenters. The van der Waals surface area contributed by atoms with Crippen LogP contribution in [0.25, 0.3) is 0 Å². The summed E-state index contributed by atoms with van der Waals surface area (Å²) >= 11 is 0. The second kappa shape index (κ2) is 8.06. The lowest BCUT2D eigenvalue weighted by atomic mass is 10.0. The molecule has 0 bridgehead atoms. The molecular weight excluding hydrogens is 310 g/mol. The second-order valence-corrected chi connectivity index (χ2v) is 6.30. The third-order valence-corrected chi connectivity index (χ3v) is 4.07. The van der Waals surface area contributed by atoms with Crippen LogP contribution in [-0.2, 0) is 25.7 Å². The van der Waals surface area contributed by atoms with Gasteiger partial charge < -0.3 is 19.5 Å². The quantitative estimate of drug-likeness (QED) is 0.794. The van der Waals surface area contributed by atoms with Crippen LogP contribution in [-0.4, -0.2) is 46.4 Å². The van der Waals surface area contributed by atoms with E-state index in [1.807, 2.05) is 30.3 Å². The number of Topliss-reactive ketones (excluding diaryl/α,β-unsaturated/α-hetero) is 1. The van der Waals surface area contributed by atoms with Crippen molar-refractivity contribution < 1.29 is 24.2 Å². The Morgan fingerprint density at radius 2 is 1.96 bits per heavy atom. The number of rotatable bonds is 6. The van der Waals surface area contributed by atoms with Crippen LogP contribution in [0.5, 0.6) is 0 Å². The predicted molar refractivity (Wildman–Crippen MR) is 86.8 cm³/mol. The molecule has 1 fully saturated rings. The van der Waals surface area contributed by atoms with Gasteiger partial charge in [-0.1, -0.05) is 37.3 Å². The fourth-order valence-corrected chi connectivity index (χ4v) is 2.91. The lowest BCUT2D eigenvalue weighted by Gasteiger charge is -2.25. The molecule has 0 aliphatic carbocycles. The molecule has 1 aliphatic rings. The molecule has 0 saturated carbocycles. The number of ketones is 1. The SMILES string of the molecule is CC(=O)C[C@@H](C)C(=O)N1C[C@H](O)C[C@H]1C(=O)OCc1ccccc1. The van der Waals surface area contributed by atoms with Crippen molar-refractivity contribution in [3.8, 4) is 0 Å². The number of likely N-dealkylation sites (tertiary alicyclic amines) is 1. The summed E-state index contributed by atoms with van der Waals surface area (Å²) in [5.41, 5.74) is 0.854. The zero-order valence-corrected chi connectivity index (χ0v) is 14.0. The van der Waals surface area contributed by atoms with Crippen molar-refractivity contribution in [2.75, 3.05) is 6.54 Å². The van der Waals surface area contributed by atoms with Crippen LogP contribution in [0.15, 0.2) is 30.3 Å². The van der Waals surface area contributed by atoms with E-state index in [0.717, 1.165) is 5.56 Å². The molecule has 1 amide bonds. The molecule has 130 valence electrons. The molecule has 0 aromatic heterocycles. The summed E-state index contributed by atoms with van der Waals surface area (Å²) < 4.78 is 5.29.